The van der Waals surface area contributed by atoms with Crippen LogP contribution in [0.5, 0.6) is 0 Å². The molecule has 2 aliphatic carbocycles. The third-order valence-corrected chi connectivity index (χ3v) is 3.76. The molecule has 0 spiro atoms. The Morgan fingerprint density at radius 3 is 2.81 bits per heavy atom. The number of aryl methyl sites for hydroxylation is 1. The van der Waals surface area contributed by atoms with Crippen molar-refractivity contribution in [2.45, 2.75) is 37.8 Å². The maximum absolute atomic E-state index is 6.27. The lowest BCUT2D eigenvalue weighted by Crippen LogP contribution is -2.34. The lowest BCUT2D eigenvalue weighted by Gasteiger charge is -2.31. The molecule has 0 aliphatic heterocycles. The highest BCUT2D eigenvalue weighted by Gasteiger charge is 2.29. The molecule has 2 unspecified atom stereocenters. The second kappa shape index (κ2) is 4.19. The summed E-state index contributed by atoms with van der Waals surface area (Å²) in [7, 11) is 0. The molecule has 0 aromatic heterocycles. The van der Waals surface area contributed by atoms with E-state index in [1.54, 1.807) is 0 Å². The Hall–Kier alpha value is -0.860. The summed E-state index contributed by atoms with van der Waals surface area (Å²) in [6, 6.07) is 8.57. The van der Waals surface area contributed by atoms with Crippen LogP contribution in [0.2, 0.25) is 0 Å². The third kappa shape index (κ3) is 2.00. The maximum atomic E-state index is 6.27. The molecule has 1 aromatic rings. The summed E-state index contributed by atoms with van der Waals surface area (Å²) < 4.78 is 5.95. The fourth-order valence-corrected chi connectivity index (χ4v) is 2.50. The van der Waals surface area contributed by atoms with Crippen molar-refractivity contribution in [3.05, 3.63) is 35.4 Å². The Balaban J connectivity index is 1.70. The van der Waals surface area contributed by atoms with E-state index in [0.29, 0.717) is 0 Å². The third-order valence-electron chi connectivity index (χ3n) is 3.76. The first kappa shape index (κ1) is 10.3. The molecule has 1 aromatic carbocycles. The van der Waals surface area contributed by atoms with Gasteiger partial charge < -0.3 is 10.5 Å². The summed E-state index contributed by atoms with van der Waals surface area (Å²) in [5.74, 6) is 0.823. The van der Waals surface area contributed by atoms with Gasteiger partial charge in [0.1, 0.15) is 0 Å². The van der Waals surface area contributed by atoms with Crippen molar-refractivity contribution in [2.24, 2.45) is 11.7 Å². The van der Waals surface area contributed by atoms with Gasteiger partial charge >= 0.3 is 0 Å². The fourth-order valence-electron chi connectivity index (χ4n) is 2.50. The monoisotopic (exact) mass is 217 g/mol. The molecular weight excluding hydrogens is 198 g/mol. The van der Waals surface area contributed by atoms with Crippen LogP contribution in [0.25, 0.3) is 0 Å². The molecule has 16 heavy (non-hydrogen) atoms. The summed E-state index contributed by atoms with van der Waals surface area (Å²) in [5.41, 5.74) is 8.96. The second-order valence-electron chi connectivity index (χ2n) is 5.08. The lowest BCUT2D eigenvalue weighted by atomic mass is 9.86. The highest BCUT2D eigenvalue weighted by molar-refractivity contribution is 5.33. The van der Waals surface area contributed by atoms with Crippen LogP contribution in [-0.2, 0) is 11.2 Å². The SMILES string of the molecule is NC1c2ccccc2CCC1OCC1CC1. The number of fused-ring (bicyclic) bond motifs is 1. The van der Waals surface area contributed by atoms with Crippen molar-refractivity contribution < 1.29 is 4.74 Å². The van der Waals surface area contributed by atoms with Gasteiger partial charge in [-0.05, 0) is 42.7 Å². The van der Waals surface area contributed by atoms with Crippen LogP contribution in [-0.4, -0.2) is 12.7 Å². The molecule has 0 heterocycles. The maximum Gasteiger partial charge on any atom is 0.0771 e. The van der Waals surface area contributed by atoms with E-state index in [1.807, 2.05) is 0 Å². The first-order valence-corrected chi connectivity index (χ1v) is 6.29. The lowest BCUT2D eigenvalue weighted by molar-refractivity contribution is 0.0189. The Morgan fingerprint density at radius 2 is 2.00 bits per heavy atom. The molecule has 1 fully saturated rings. The molecule has 0 radical (unpaired) electrons. The number of hydrogen-bond donors (Lipinski definition) is 1. The molecule has 2 aliphatic rings. The zero-order valence-electron chi connectivity index (χ0n) is 9.56. The minimum absolute atomic E-state index is 0.0729. The number of ether oxygens (including phenoxy) is 1. The van der Waals surface area contributed by atoms with Gasteiger partial charge in [0.05, 0.1) is 12.1 Å². The Labute approximate surface area is 96.8 Å². The van der Waals surface area contributed by atoms with Gasteiger partial charge in [0.25, 0.3) is 0 Å². The standard InChI is InChI=1S/C14H19NO/c15-14-12-4-2-1-3-11(12)7-8-13(14)16-9-10-5-6-10/h1-4,10,13-14H,5-9,15H2. The minimum Gasteiger partial charge on any atom is -0.376 e. The molecule has 2 N–H and O–H groups in total. The van der Waals surface area contributed by atoms with E-state index in [1.165, 1.54) is 24.0 Å². The van der Waals surface area contributed by atoms with E-state index in [2.05, 4.69) is 24.3 Å². The normalized spacial score (nSPS) is 28.8. The zero-order valence-corrected chi connectivity index (χ0v) is 9.56. The summed E-state index contributed by atoms with van der Waals surface area (Å²) in [4.78, 5) is 0. The summed E-state index contributed by atoms with van der Waals surface area (Å²) in [5, 5.41) is 0. The molecule has 0 amide bonds. The van der Waals surface area contributed by atoms with Gasteiger partial charge in [-0.3, -0.25) is 0 Å². The predicted octanol–water partition coefficient (Wildman–Crippen LogP) is 2.43. The number of hydrogen-bond acceptors (Lipinski definition) is 2. The van der Waals surface area contributed by atoms with Crippen molar-refractivity contribution in [3.63, 3.8) is 0 Å². The van der Waals surface area contributed by atoms with Gasteiger partial charge in [0, 0.05) is 6.61 Å². The molecule has 3 rings (SSSR count). The van der Waals surface area contributed by atoms with Crippen molar-refractivity contribution in [3.8, 4) is 0 Å². The van der Waals surface area contributed by atoms with Crippen molar-refractivity contribution in [2.75, 3.05) is 6.61 Å². The first-order chi connectivity index (χ1) is 7.84. The molecule has 2 heteroatoms. The van der Waals surface area contributed by atoms with Crippen molar-refractivity contribution in [1.82, 2.24) is 0 Å². The highest BCUT2D eigenvalue weighted by atomic mass is 16.5. The predicted molar refractivity (Wildman–Crippen MR) is 64.2 cm³/mol. The summed E-state index contributed by atoms with van der Waals surface area (Å²) in [6.45, 7) is 0.917. The number of nitrogens with two attached hydrogens (primary N) is 1. The molecular formula is C14H19NO. The van der Waals surface area contributed by atoms with E-state index >= 15 is 0 Å². The molecule has 1 saturated carbocycles. The summed E-state index contributed by atoms with van der Waals surface area (Å²) in [6.07, 6.45) is 5.11. The van der Waals surface area contributed by atoms with E-state index in [4.69, 9.17) is 10.5 Å². The topological polar surface area (TPSA) is 35.2 Å². The minimum atomic E-state index is 0.0729. The van der Waals surface area contributed by atoms with E-state index in [0.717, 1.165) is 25.4 Å². The molecule has 2 nitrogen and oxygen atoms in total. The summed E-state index contributed by atoms with van der Waals surface area (Å²) >= 11 is 0. The van der Waals surface area contributed by atoms with Crippen LogP contribution < -0.4 is 5.73 Å². The Bertz CT molecular complexity index is 373. The molecule has 86 valence electrons. The molecule has 2 atom stereocenters. The second-order valence-corrected chi connectivity index (χ2v) is 5.08. The van der Waals surface area contributed by atoms with Crippen LogP contribution in [0, 0.1) is 5.92 Å². The van der Waals surface area contributed by atoms with Gasteiger partial charge in [-0.2, -0.15) is 0 Å². The zero-order chi connectivity index (χ0) is 11.0. The van der Waals surface area contributed by atoms with Gasteiger partial charge in [0.15, 0.2) is 0 Å². The average molecular weight is 217 g/mol. The molecule has 0 saturated heterocycles. The van der Waals surface area contributed by atoms with Crippen LogP contribution in [0.15, 0.2) is 24.3 Å². The van der Waals surface area contributed by atoms with Gasteiger partial charge in [-0.1, -0.05) is 24.3 Å². The first-order valence-electron chi connectivity index (χ1n) is 6.29. The quantitative estimate of drug-likeness (QED) is 0.844. The fraction of sp³-hybridized carbons (Fsp3) is 0.571. The smallest absolute Gasteiger partial charge is 0.0771 e. The van der Waals surface area contributed by atoms with E-state index in [9.17, 15) is 0 Å². The largest absolute Gasteiger partial charge is 0.376 e. The van der Waals surface area contributed by atoms with Gasteiger partial charge in [-0.15, -0.1) is 0 Å². The van der Waals surface area contributed by atoms with Crippen LogP contribution in [0.1, 0.15) is 36.4 Å². The van der Waals surface area contributed by atoms with Crippen molar-refractivity contribution in [1.29, 1.82) is 0 Å². The highest BCUT2D eigenvalue weighted by Crippen LogP contribution is 2.33. The van der Waals surface area contributed by atoms with Crippen LogP contribution >= 0.6 is 0 Å². The van der Waals surface area contributed by atoms with Crippen molar-refractivity contribution >= 4 is 0 Å². The number of rotatable bonds is 3. The van der Waals surface area contributed by atoms with E-state index < -0.39 is 0 Å². The van der Waals surface area contributed by atoms with E-state index in [-0.39, 0.29) is 12.1 Å². The van der Waals surface area contributed by atoms with Gasteiger partial charge in [0.2, 0.25) is 0 Å². The Morgan fingerprint density at radius 1 is 1.19 bits per heavy atom. The number of benzene rings is 1. The molecule has 0 bridgehead atoms. The van der Waals surface area contributed by atoms with Gasteiger partial charge in [-0.25, -0.2) is 0 Å². The average Bonchev–Trinajstić information content (AvgIpc) is 3.13. The van der Waals surface area contributed by atoms with Crippen LogP contribution in [0.3, 0.4) is 0 Å². The van der Waals surface area contributed by atoms with Crippen LogP contribution in [0.4, 0.5) is 0 Å². The Kier molecular flexibility index (Phi) is 2.70.